The highest BCUT2D eigenvalue weighted by Gasteiger charge is 2.39. The highest BCUT2D eigenvalue weighted by atomic mass is 16.6. The Morgan fingerprint density at radius 1 is 1.43 bits per heavy atom. The summed E-state index contributed by atoms with van der Waals surface area (Å²) in [7, 11) is 0. The van der Waals surface area contributed by atoms with Gasteiger partial charge in [-0.05, 0) is 50.0 Å². The van der Waals surface area contributed by atoms with Crippen LogP contribution in [0.3, 0.4) is 0 Å². The van der Waals surface area contributed by atoms with E-state index in [9.17, 15) is 15.2 Å². The molecule has 114 valence electrons. The number of nitro groups is 1. The zero-order chi connectivity index (χ0) is 15.0. The lowest BCUT2D eigenvalue weighted by molar-refractivity contribution is -0.385. The second-order valence-electron chi connectivity index (χ2n) is 6.40. The van der Waals surface area contributed by atoms with Gasteiger partial charge < -0.3 is 9.84 Å². The molecule has 0 saturated heterocycles. The smallest absolute Gasteiger partial charge is 0.270 e. The van der Waals surface area contributed by atoms with Crippen molar-refractivity contribution in [3.8, 4) is 5.75 Å². The van der Waals surface area contributed by atoms with Gasteiger partial charge in [0.2, 0.25) is 0 Å². The lowest BCUT2D eigenvalue weighted by Crippen LogP contribution is -2.19. The number of nitrogens with zero attached hydrogens (tertiary/aromatic N) is 1. The largest absolute Gasteiger partial charge is 0.493 e. The molecule has 2 bridgehead atoms. The number of fused-ring (bicyclic) bond motifs is 2. The standard InChI is InChI=1S/C16H21NO4/c1-10(18)15-8-14(17(19)20)4-5-16(15)21-9-13-7-11-2-3-12(13)6-11/h4-5,8,10-13,18H,2-3,6-7,9H2,1H3/t10-,11?,12?,13?/m1/s1. The number of non-ortho nitro benzene ring substituents is 1. The molecule has 5 nitrogen and oxygen atoms in total. The fourth-order valence-electron chi connectivity index (χ4n) is 3.88. The summed E-state index contributed by atoms with van der Waals surface area (Å²) in [5.74, 6) is 2.82. The van der Waals surface area contributed by atoms with Crippen LogP contribution >= 0.6 is 0 Å². The van der Waals surface area contributed by atoms with Crippen molar-refractivity contribution in [2.24, 2.45) is 17.8 Å². The summed E-state index contributed by atoms with van der Waals surface area (Å²) in [6.45, 7) is 2.25. The van der Waals surface area contributed by atoms with Crippen LogP contribution in [0, 0.1) is 27.9 Å². The normalized spacial score (nSPS) is 28.6. The molecule has 0 spiro atoms. The van der Waals surface area contributed by atoms with Gasteiger partial charge in [-0.1, -0.05) is 6.42 Å². The maximum Gasteiger partial charge on any atom is 0.270 e. The molecule has 0 radical (unpaired) electrons. The van der Waals surface area contributed by atoms with Gasteiger partial charge in [-0.3, -0.25) is 10.1 Å². The van der Waals surface area contributed by atoms with Crippen molar-refractivity contribution in [1.29, 1.82) is 0 Å². The summed E-state index contributed by atoms with van der Waals surface area (Å²) < 4.78 is 5.89. The fraction of sp³-hybridized carbons (Fsp3) is 0.625. The van der Waals surface area contributed by atoms with Gasteiger partial charge in [0, 0.05) is 17.7 Å². The number of aliphatic hydroxyl groups excluding tert-OH is 1. The molecule has 4 atom stereocenters. The minimum atomic E-state index is -0.778. The molecule has 2 aliphatic carbocycles. The van der Waals surface area contributed by atoms with Crippen LogP contribution in [0.1, 0.15) is 44.3 Å². The molecule has 21 heavy (non-hydrogen) atoms. The molecule has 0 aromatic heterocycles. The highest BCUT2D eigenvalue weighted by Crippen LogP contribution is 2.48. The van der Waals surface area contributed by atoms with Gasteiger partial charge in [-0.25, -0.2) is 0 Å². The number of hydrogen-bond acceptors (Lipinski definition) is 4. The number of nitro benzene ring substituents is 1. The molecule has 2 saturated carbocycles. The van der Waals surface area contributed by atoms with Gasteiger partial charge in [0.15, 0.2) is 0 Å². The number of hydrogen-bond donors (Lipinski definition) is 1. The van der Waals surface area contributed by atoms with Crippen LogP contribution in [0.5, 0.6) is 5.75 Å². The van der Waals surface area contributed by atoms with E-state index >= 15 is 0 Å². The first-order chi connectivity index (χ1) is 10.0. The van der Waals surface area contributed by atoms with Crippen LogP contribution in [0.25, 0.3) is 0 Å². The summed E-state index contributed by atoms with van der Waals surface area (Å²) >= 11 is 0. The van der Waals surface area contributed by atoms with Crippen molar-refractivity contribution in [3.63, 3.8) is 0 Å². The zero-order valence-electron chi connectivity index (χ0n) is 12.2. The molecule has 1 aromatic rings. The summed E-state index contributed by atoms with van der Waals surface area (Å²) in [5, 5.41) is 20.6. The van der Waals surface area contributed by atoms with Crippen molar-refractivity contribution in [2.75, 3.05) is 6.61 Å². The Balaban J connectivity index is 1.71. The first kappa shape index (κ1) is 14.3. The van der Waals surface area contributed by atoms with Crippen molar-refractivity contribution in [3.05, 3.63) is 33.9 Å². The summed E-state index contributed by atoms with van der Waals surface area (Å²) in [5.41, 5.74) is 0.477. The molecule has 5 heteroatoms. The highest BCUT2D eigenvalue weighted by molar-refractivity contribution is 5.44. The Labute approximate surface area is 124 Å². The molecule has 1 N–H and O–H groups in total. The second kappa shape index (κ2) is 5.64. The number of rotatable bonds is 5. The minimum absolute atomic E-state index is 0.0156. The van der Waals surface area contributed by atoms with Crippen molar-refractivity contribution >= 4 is 5.69 Å². The molecule has 3 rings (SSSR count). The Bertz CT molecular complexity index is 543. The van der Waals surface area contributed by atoms with Gasteiger partial charge in [-0.15, -0.1) is 0 Å². The van der Waals surface area contributed by atoms with Gasteiger partial charge in [-0.2, -0.15) is 0 Å². The first-order valence-electron chi connectivity index (χ1n) is 7.63. The Morgan fingerprint density at radius 2 is 2.24 bits per heavy atom. The van der Waals surface area contributed by atoms with E-state index in [-0.39, 0.29) is 5.69 Å². The molecule has 0 heterocycles. The van der Waals surface area contributed by atoms with E-state index in [4.69, 9.17) is 4.74 Å². The van der Waals surface area contributed by atoms with E-state index in [2.05, 4.69) is 0 Å². The molecular weight excluding hydrogens is 270 g/mol. The lowest BCUT2D eigenvalue weighted by Gasteiger charge is -2.22. The van der Waals surface area contributed by atoms with Crippen LogP contribution in [-0.4, -0.2) is 16.6 Å². The van der Waals surface area contributed by atoms with E-state index in [1.54, 1.807) is 13.0 Å². The number of benzene rings is 1. The van der Waals surface area contributed by atoms with Crippen molar-refractivity contribution in [1.82, 2.24) is 0 Å². The average molecular weight is 291 g/mol. The van der Waals surface area contributed by atoms with E-state index in [0.717, 1.165) is 11.8 Å². The topological polar surface area (TPSA) is 72.6 Å². The molecule has 0 aliphatic heterocycles. The maximum atomic E-state index is 10.8. The molecule has 2 aliphatic rings. The summed E-state index contributed by atoms with van der Waals surface area (Å²) in [6.07, 6.45) is 4.46. The van der Waals surface area contributed by atoms with Gasteiger partial charge >= 0.3 is 0 Å². The van der Waals surface area contributed by atoms with Gasteiger partial charge in [0.1, 0.15) is 5.75 Å². The Hall–Kier alpha value is -1.62. The number of aliphatic hydroxyl groups is 1. The third kappa shape index (κ3) is 2.88. The molecular formula is C16H21NO4. The Kier molecular flexibility index (Phi) is 3.85. The van der Waals surface area contributed by atoms with Crippen LogP contribution in [0.15, 0.2) is 18.2 Å². The number of ether oxygens (including phenoxy) is 1. The predicted octanol–water partition coefficient (Wildman–Crippen LogP) is 3.46. The monoisotopic (exact) mass is 291 g/mol. The third-order valence-corrected chi connectivity index (χ3v) is 4.99. The van der Waals surface area contributed by atoms with E-state index < -0.39 is 11.0 Å². The van der Waals surface area contributed by atoms with Gasteiger partial charge in [0.25, 0.3) is 5.69 Å². The van der Waals surface area contributed by atoms with E-state index in [1.165, 1.54) is 37.8 Å². The summed E-state index contributed by atoms with van der Waals surface area (Å²) in [6, 6.07) is 4.44. The third-order valence-electron chi connectivity index (χ3n) is 4.99. The molecule has 2 fully saturated rings. The van der Waals surface area contributed by atoms with E-state index in [1.807, 2.05) is 0 Å². The van der Waals surface area contributed by atoms with Crippen LogP contribution in [0.2, 0.25) is 0 Å². The van der Waals surface area contributed by atoms with Crippen molar-refractivity contribution < 1.29 is 14.8 Å². The maximum absolute atomic E-state index is 10.8. The first-order valence-corrected chi connectivity index (χ1v) is 7.63. The average Bonchev–Trinajstić information content (AvgIpc) is 3.07. The lowest BCUT2D eigenvalue weighted by atomic mass is 9.89. The minimum Gasteiger partial charge on any atom is -0.493 e. The Morgan fingerprint density at radius 3 is 2.81 bits per heavy atom. The molecule has 0 amide bonds. The van der Waals surface area contributed by atoms with Crippen LogP contribution in [-0.2, 0) is 0 Å². The van der Waals surface area contributed by atoms with Crippen LogP contribution in [0.4, 0.5) is 5.69 Å². The van der Waals surface area contributed by atoms with Crippen molar-refractivity contribution in [2.45, 2.75) is 38.7 Å². The zero-order valence-corrected chi connectivity index (χ0v) is 12.2. The molecule has 3 unspecified atom stereocenters. The fourth-order valence-corrected chi connectivity index (χ4v) is 3.88. The van der Waals surface area contributed by atoms with E-state index in [0.29, 0.717) is 23.8 Å². The molecule has 1 aromatic carbocycles. The SMILES string of the molecule is C[C@@H](O)c1cc([N+](=O)[O-])ccc1OCC1CC2CCC1C2. The summed E-state index contributed by atoms with van der Waals surface area (Å²) in [4.78, 5) is 10.4. The predicted molar refractivity (Wildman–Crippen MR) is 78.2 cm³/mol. The second-order valence-corrected chi connectivity index (χ2v) is 6.40. The van der Waals surface area contributed by atoms with Gasteiger partial charge in [0.05, 0.1) is 17.6 Å². The quantitative estimate of drug-likeness (QED) is 0.666. The van der Waals surface area contributed by atoms with Crippen LogP contribution < -0.4 is 4.74 Å².